The number of thiophene rings is 1. The van der Waals surface area contributed by atoms with Crippen LogP contribution < -0.4 is 4.74 Å². The highest BCUT2D eigenvalue weighted by Crippen LogP contribution is 2.36. The summed E-state index contributed by atoms with van der Waals surface area (Å²) in [4.78, 5) is 10.9. The van der Waals surface area contributed by atoms with Crippen molar-refractivity contribution in [3.05, 3.63) is 44.5 Å². The van der Waals surface area contributed by atoms with Crippen molar-refractivity contribution in [1.82, 2.24) is 9.97 Å². The van der Waals surface area contributed by atoms with Crippen LogP contribution in [0.2, 0.25) is 0 Å². The first-order chi connectivity index (χ1) is 9.97. The molecule has 0 spiro atoms. The number of aryl methyl sites for hydroxylation is 4. The van der Waals surface area contributed by atoms with Gasteiger partial charge in [-0.25, -0.2) is 9.97 Å². The van der Waals surface area contributed by atoms with Gasteiger partial charge in [-0.2, -0.15) is 0 Å². The van der Waals surface area contributed by atoms with Gasteiger partial charge in [0.1, 0.15) is 16.9 Å². The molecule has 5 heteroatoms. The summed E-state index contributed by atoms with van der Waals surface area (Å²) in [6.45, 7) is 8.29. The lowest BCUT2D eigenvalue weighted by Gasteiger charge is -2.10. The molecule has 1 aromatic carbocycles. The second-order valence-electron chi connectivity index (χ2n) is 5.12. The zero-order valence-electron chi connectivity index (χ0n) is 12.3. The summed E-state index contributed by atoms with van der Waals surface area (Å²) in [5.41, 5.74) is 3.48. The van der Waals surface area contributed by atoms with Crippen LogP contribution in [0.1, 0.15) is 21.6 Å². The molecule has 3 nitrogen and oxygen atoms in total. The van der Waals surface area contributed by atoms with Gasteiger partial charge in [0.2, 0.25) is 5.88 Å². The highest BCUT2D eigenvalue weighted by molar-refractivity contribution is 9.10. The Bertz CT molecular complexity index is 819. The Morgan fingerprint density at radius 3 is 2.38 bits per heavy atom. The summed E-state index contributed by atoms with van der Waals surface area (Å²) in [6, 6.07) is 4.03. The van der Waals surface area contributed by atoms with Crippen LogP contribution in [0.5, 0.6) is 11.6 Å². The van der Waals surface area contributed by atoms with Gasteiger partial charge in [-0.3, -0.25) is 0 Å². The van der Waals surface area contributed by atoms with Gasteiger partial charge in [-0.1, -0.05) is 15.9 Å². The zero-order chi connectivity index (χ0) is 15.1. The summed E-state index contributed by atoms with van der Waals surface area (Å²) >= 11 is 5.25. The van der Waals surface area contributed by atoms with E-state index in [-0.39, 0.29) is 0 Å². The topological polar surface area (TPSA) is 35.0 Å². The van der Waals surface area contributed by atoms with Gasteiger partial charge in [-0.15, -0.1) is 11.3 Å². The van der Waals surface area contributed by atoms with Crippen LogP contribution in [-0.4, -0.2) is 9.97 Å². The number of hydrogen-bond acceptors (Lipinski definition) is 4. The van der Waals surface area contributed by atoms with Gasteiger partial charge in [0, 0.05) is 9.35 Å². The van der Waals surface area contributed by atoms with Crippen molar-refractivity contribution in [3.8, 4) is 11.6 Å². The fourth-order valence-corrected chi connectivity index (χ4v) is 3.52. The Morgan fingerprint density at radius 1 is 1.05 bits per heavy atom. The van der Waals surface area contributed by atoms with E-state index in [0.717, 1.165) is 31.6 Å². The van der Waals surface area contributed by atoms with Gasteiger partial charge in [0.15, 0.2) is 0 Å². The van der Waals surface area contributed by atoms with E-state index in [2.05, 4.69) is 53.6 Å². The lowest BCUT2D eigenvalue weighted by molar-refractivity contribution is 0.467. The molecule has 0 bridgehead atoms. The molecule has 3 rings (SSSR count). The fraction of sp³-hybridized carbons (Fsp3) is 0.250. The third-order valence-corrected chi connectivity index (χ3v) is 5.92. The van der Waals surface area contributed by atoms with Crippen LogP contribution in [0.4, 0.5) is 0 Å². The van der Waals surface area contributed by atoms with E-state index in [1.807, 2.05) is 12.1 Å². The number of fused-ring (bicyclic) bond motifs is 1. The van der Waals surface area contributed by atoms with Crippen molar-refractivity contribution in [1.29, 1.82) is 0 Å². The molecule has 108 valence electrons. The van der Waals surface area contributed by atoms with Crippen molar-refractivity contribution in [2.45, 2.75) is 27.7 Å². The van der Waals surface area contributed by atoms with Crippen LogP contribution in [0.25, 0.3) is 10.2 Å². The van der Waals surface area contributed by atoms with E-state index in [1.165, 1.54) is 10.4 Å². The van der Waals surface area contributed by atoms with Crippen molar-refractivity contribution in [2.75, 3.05) is 0 Å². The normalized spacial score (nSPS) is 11.1. The van der Waals surface area contributed by atoms with Gasteiger partial charge >= 0.3 is 0 Å². The quantitative estimate of drug-likeness (QED) is 0.605. The molecule has 21 heavy (non-hydrogen) atoms. The molecule has 0 aliphatic carbocycles. The molecule has 0 saturated heterocycles. The van der Waals surface area contributed by atoms with Gasteiger partial charge in [0.05, 0.1) is 5.39 Å². The van der Waals surface area contributed by atoms with Crippen LogP contribution in [0, 0.1) is 27.7 Å². The van der Waals surface area contributed by atoms with Crippen molar-refractivity contribution >= 4 is 37.5 Å². The minimum atomic E-state index is 0.628. The summed E-state index contributed by atoms with van der Waals surface area (Å²) in [7, 11) is 0. The van der Waals surface area contributed by atoms with E-state index < -0.39 is 0 Å². The number of aromatic nitrogens is 2. The third kappa shape index (κ3) is 2.56. The van der Waals surface area contributed by atoms with Crippen molar-refractivity contribution in [3.63, 3.8) is 0 Å². The van der Waals surface area contributed by atoms with Crippen molar-refractivity contribution in [2.24, 2.45) is 0 Å². The predicted molar refractivity (Wildman–Crippen MR) is 90.6 cm³/mol. The predicted octanol–water partition coefficient (Wildman–Crippen LogP) is 5.48. The highest BCUT2D eigenvalue weighted by Gasteiger charge is 2.14. The molecule has 0 N–H and O–H groups in total. The molecule has 2 heterocycles. The average Bonchev–Trinajstić information content (AvgIpc) is 2.72. The first-order valence-electron chi connectivity index (χ1n) is 6.62. The number of nitrogens with zero attached hydrogens (tertiary/aromatic N) is 2. The smallest absolute Gasteiger partial charge is 0.231 e. The Kier molecular flexibility index (Phi) is 3.71. The number of halogens is 1. The van der Waals surface area contributed by atoms with E-state index >= 15 is 0 Å². The molecule has 2 aromatic heterocycles. The van der Waals surface area contributed by atoms with Gasteiger partial charge in [-0.05, 0) is 56.5 Å². The molecule has 3 aromatic rings. The number of rotatable bonds is 2. The summed E-state index contributed by atoms with van der Waals surface area (Å²) < 4.78 is 7.15. The van der Waals surface area contributed by atoms with E-state index in [9.17, 15) is 0 Å². The Hall–Kier alpha value is -1.46. The van der Waals surface area contributed by atoms with Crippen LogP contribution >= 0.6 is 27.3 Å². The lowest BCUT2D eigenvalue weighted by atomic mass is 10.1. The van der Waals surface area contributed by atoms with Crippen LogP contribution in [-0.2, 0) is 0 Å². The van der Waals surface area contributed by atoms with E-state index in [4.69, 9.17) is 4.74 Å². The SMILES string of the molecule is Cc1cc(Oc2ncnc3sc(C)c(C)c23)cc(C)c1Br. The minimum absolute atomic E-state index is 0.628. The summed E-state index contributed by atoms with van der Waals surface area (Å²) in [5, 5.41) is 1.01. The molecule has 0 aliphatic heterocycles. The van der Waals surface area contributed by atoms with E-state index in [0.29, 0.717) is 5.88 Å². The van der Waals surface area contributed by atoms with Crippen molar-refractivity contribution < 1.29 is 4.74 Å². The maximum atomic E-state index is 6.04. The average molecular weight is 363 g/mol. The standard InChI is InChI=1S/C16H15BrN2OS/c1-8-5-12(6-9(2)14(8)17)20-15-13-10(3)11(4)21-16(13)19-7-18-15/h5-7H,1-4H3. The molecule has 0 radical (unpaired) electrons. The molecular formula is C16H15BrN2OS. The first kappa shape index (κ1) is 14.5. The van der Waals surface area contributed by atoms with Crippen LogP contribution in [0.15, 0.2) is 22.9 Å². The molecule has 0 fully saturated rings. The van der Waals surface area contributed by atoms with Gasteiger partial charge < -0.3 is 4.74 Å². The molecular weight excluding hydrogens is 348 g/mol. The first-order valence-corrected chi connectivity index (χ1v) is 8.23. The molecule has 0 unspecified atom stereocenters. The molecule has 0 atom stereocenters. The number of benzene rings is 1. The van der Waals surface area contributed by atoms with Crippen LogP contribution in [0.3, 0.4) is 0 Å². The Labute approximate surface area is 136 Å². The molecule has 0 saturated carbocycles. The number of hydrogen-bond donors (Lipinski definition) is 0. The molecule has 0 amide bonds. The fourth-order valence-electron chi connectivity index (χ4n) is 2.30. The zero-order valence-corrected chi connectivity index (χ0v) is 14.7. The van der Waals surface area contributed by atoms with Gasteiger partial charge in [0.25, 0.3) is 0 Å². The Morgan fingerprint density at radius 2 is 1.71 bits per heavy atom. The summed E-state index contributed by atoms with van der Waals surface area (Å²) in [6.07, 6.45) is 1.56. The lowest BCUT2D eigenvalue weighted by Crippen LogP contribution is -1.92. The monoisotopic (exact) mass is 362 g/mol. The summed E-state index contributed by atoms with van der Waals surface area (Å²) in [5.74, 6) is 1.43. The maximum Gasteiger partial charge on any atom is 0.231 e. The largest absolute Gasteiger partial charge is 0.438 e. The third-order valence-electron chi connectivity index (χ3n) is 3.56. The second kappa shape index (κ2) is 5.39. The molecule has 0 aliphatic rings. The second-order valence-corrected chi connectivity index (χ2v) is 7.11. The Balaban J connectivity index is 2.10. The highest BCUT2D eigenvalue weighted by atomic mass is 79.9. The van der Waals surface area contributed by atoms with E-state index in [1.54, 1.807) is 17.7 Å². The minimum Gasteiger partial charge on any atom is -0.438 e. The maximum absolute atomic E-state index is 6.04. The number of ether oxygens (including phenoxy) is 1.